The van der Waals surface area contributed by atoms with E-state index in [9.17, 15) is 4.79 Å². The third-order valence-electron chi connectivity index (χ3n) is 2.75. The van der Waals surface area contributed by atoms with Crippen molar-refractivity contribution in [3.63, 3.8) is 0 Å². The predicted molar refractivity (Wildman–Crippen MR) is 83.9 cm³/mol. The number of halogens is 1. The second-order valence-electron chi connectivity index (χ2n) is 4.42. The average Bonchev–Trinajstić information content (AvgIpc) is 2.52. The predicted octanol–water partition coefficient (Wildman–Crippen LogP) is 4.02. The Labute approximate surface area is 132 Å². The molecule has 0 radical (unpaired) electrons. The van der Waals surface area contributed by atoms with Crippen molar-refractivity contribution in [2.75, 3.05) is 6.61 Å². The van der Waals surface area contributed by atoms with E-state index in [2.05, 4.69) is 20.9 Å². The Morgan fingerprint density at radius 2 is 2.10 bits per heavy atom. The number of pyridine rings is 1. The van der Waals surface area contributed by atoms with Crippen LogP contribution in [0.3, 0.4) is 0 Å². The van der Waals surface area contributed by atoms with Gasteiger partial charge in [-0.05, 0) is 46.6 Å². The molecule has 0 spiro atoms. The van der Waals surface area contributed by atoms with Gasteiger partial charge < -0.3 is 9.47 Å². The highest BCUT2D eigenvalue weighted by atomic mass is 79.9. The zero-order chi connectivity index (χ0) is 15.1. The molecule has 0 N–H and O–H groups in total. The van der Waals surface area contributed by atoms with Crippen LogP contribution in [0.15, 0.2) is 41.0 Å². The molecule has 0 unspecified atom stereocenters. The molecule has 0 amide bonds. The number of rotatable bonds is 7. The fourth-order valence-electron chi connectivity index (χ4n) is 1.69. The summed E-state index contributed by atoms with van der Waals surface area (Å²) >= 11 is 3.33. The molecule has 4 nitrogen and oxygen atoms in total. The van der Waals surface area contributed by atoms with E-state index in [0.29, 0.717) is 30.3 Å². The van der Waals surface area contributed by atoms with Crippen molar-refractivity contribution in [3.05, 3.63) is 52.3 Å². The Balaban J connectivity index is 2.09. The van der Waals surface area contributed by atoms with Crippen molar-refractivity contribution in [2.24, 2.45) is 0 Å². The maximum Gasteiger partial charge on any atom is 0.153 e. The summed E-state index contributed by atoms with van der Waals surface area (Å²) in [5.74, 6) is 1.20. The normalized spacial score (nSPS) is 10.2. The molecule has 1 heterocycles. The highest BCUT2D eigenvalue weighted by Crippen LogP contribution is 2.24. The third kappa shape index (κ3) is 4.56. The van der Waals surface area contributed by atoms with Gasteiger partial charge >= 0.3 is 0 Å². The number of nitrogens with zero attached hydrogens (tertiary/aromatic N) is 1. The minimum atomic E-state index is 0.297. The van der Waals surface area contributed by atoms with E-state index in [1.165, 1.54) is 0 Å². The largest absolute Gasteiger partial charge is 0.493 e. The van der Waals surface area contributed by atoms with Crippen LogP contribution in [0.25, 0.3) is 0 Å². The zero-order valence-corrected chi connectivity index (χ0v) is 13.3. The molecule has 110 valence electrons. The molecule has 2 rings (SSSR count). The molecular weight excluding hydrogens is 334 g/mol. The summed E-state index contributed by atoms with van der Waals surface area (Å²) in [6.07, 6.45) is 3.41. The molecule has 1 aromatic carbocycles. The second-order valence-corrected chi connectivity index (χ2v) is 5.34. The molecule has 1 aromatic heterocycles. The van der Waals surface area contributed by atoms with Crippen molar-refractivity contribution in [2.45, 2.75) is 20.0 Å². The Morgan fingerprint density at radius 3 is 2.76 bits per heavy atom. The number of benzene rings is 1. The van der Waals surface area contributed by atoms with Gasteiger partial charge in [-0.2, -0.15) is 0 Å². The van der Waals surface area contributed by atoms with Crippen LogP contribution in [0.4, 0.5) is 0 Å². The molecule has 0 saturated heterocycles. The number of hydrogen-bond acceptors (Lipinski definition) is 4. The van der Waals surface area contributed by atoms with Gasteiger partial charge in [0.2, 0.25) is 0 Å². The summed E-state index contributed by atoms with van der Waals surface area (Å²) in [5, 5.41) is 0. The summed E-state index contributed by atoms with van der Waals surface area (Å²) in [6, 6.07) is 8.96. The maximum absolute atomic E-state index is 11.1. The van der Waals surface area contributed by atoms with Crippen molar-refractivity contribution >= 4 is 22.2 Å². The number of ether oxygens (including phenoxy) is 2. The van der Waals surface area contributed by atoms with Crippen LogP contribution in [0.2, 0.25) is 0 Å². The van der Waals surface area contributed by atoms with Gasteiger partial charge in [0, 0.05) is 16.7 Å². The number of carbonyl (C=O) groups excluding carboxylic acids is 1. The van der Waals surface area contributed by atoms with E-state index in [1.807, 2.05) is 19.1 Å². The Kier molecular flexibility index (Phi) is 5.75. The zero-order valence-electron chi connectivity index (χ0n) is 11.7. The molecule has 2 aromatic rings. The molecule has 0 bridgehead atoms. The second kappa shape index (κ2) is 7.78. The number of aldehydes is 1. The lowest BCUT2D eigenvalue weighted by Crippen LogP contribution is -2.01. The SMILES string of the molecule is CCCOc1ccc(C=O)c(OCc2ccc(Br)cn2)c1. The van der Waals surface area contributed by atoms with Crippen LogP contribution >= 0.6 is 15.9 Å². The molecule has 0 aliphatic rings. The van der Waals surface area contributed by atoms with Crippen molar-refractivity contribution in [1.29, 1.82) is 0 Å². The number of hydrogen-bond donors (Lipinski definition) is 0. The lowest BCUT2D eigenvalue weighted by atomic mass is 10.2. The first-order valence-electron chi connectivity index (χ1n) is 6.68. The van der Waals surface area contributed by atoms with Gasteiger partial charge in [0.05, 0.1) is 17.9 Å². The van der Waals surface area contributed by atoms with Crippen LogP contribution in [-0.2, 0) is 6.61 Å². The van der Waals surface area contributed by atoms with Crippen molar-refractivity contribution in [3.8, 4) is 11.5 Å². The minimum Gasteiger partial charge on any atom is -0.493 e. The molecule has 0 aliphatic carbocycles. The quantitative estimate of drug-likeness (QED) is 0.708. The standard InChI is InChI=1S/C16H16BrNO3/c1-2-7-20-15-6-3-12(10-19)16(8-15)21-11-14-5-4-13(17)9-18-14/h3-6,8-10H,2,7,11H2,1H3. The Morgan fingerprint density at radius 1 is 1.24 bits per heavy atom. The molecule has 0 atom stereocenters. The molecule has 0 fully saturated rings. The van der Waals surface area contributed by atoms with Crippen molar-refractivity contribution < 1.29 is 14.3 Å². The fourth-order valence-corrected chi connectivity index (χ4v) is 1.92. The van der Waals surface area contributed by atoms with Crippen LogP contribution < -0.4 is 9.47 Å². The third-order valence-corrected chi connectivity index (χ3v) is 3.22. The number of carbonyl (C=O) groups is 1. The topological polar surface area (TPSA) is 48.4 Å². The Hall–Kier alpha value is -1.88. The van der Waals surface area contributed by atoms with Crippen LogP contribution in [0.1, 0.15) is 29.4 Å². The average molecular weight is 350 g/mol. The van der Waals surface area contributed by atoms with E-state index in [1.54, 1.807) is 24.4 Å². The monoisotopic (exact) mass is 349 g/mol. The smallest absolute Gasteiger partial charge is 0.153 e. The van der Waals surface area contributed by atoms with E-state index in [0.717, 1.165) is 22.9 Å². The summed E-state index contributed by atoms with van der Waals surface area (Å²) in [7, 11) is 0. The molecule has 0 saturated carbocycles. The summed E-state index contributed by atoms with van der Waals surface area (Å²) in [4.78, 5) is 15.3. The maximum atomic E-state index is 11.1. The summed E-state index contributed by atoms with van der Waals surface area (Å²) in [5.41, 5.74) is 1.28. The van der Waals surface area contributed by atoms with Crippen LogP contribution in [0, 0.1) is 0 Å². The van der Waals surface area contributed by atoms with Crippen molar-refractivity contribution in [1.82, 2.24) is 4.98 Å². The highest BCUT2D eigenvalue weighted by molar-refractivity contribution is 9.10. The first-order chi connectivity index (χ1) is 10.2. The van der Waals surface area contributed by atoms with Crippen LogP contribution in [-0.4, -0.2) is 17.9 Å². The molecular formula is C16H16BrNO3. The van der Waals surface area contributed by atoms with E-state index in [-0.39, 0.29) is 0 Å². The van der Waals surface area contributed by atoms with Gasteiger partial charge in [-0.1, -0.05) is 6.92 Å². The van der Waals surface area contributed by atoms with E-state index >= 15 is 0 Å². The van der Waals surface area contributed by atoms with E-state index < -0.39 is 0 Å². The van der Waals surface area contributed by atoms with E-state index in [4.69, 9.17) is 9.47 Å². The summed E-state index contributed by atoms with van der Waals surface area (Å²) < 4.78 is 12.1. The highest BCUT2D eigenvalue weighted by Gasteiger charge is 2.06. The van der Waals surface area contributed by atoms with Crippen LogP contribution in [0.5, 0.6) is 11.5 Å². The van der Waals surface area contributed by atoms with Gasteiger partial charge in [0.1, 0.15) is 18.1 Å². The molecule has 5 heteroatoms. The Bertz CT molecular complexity index is 599. The van der Waals surface area contributed by atoms with Gasteiger partial charge in [0.15, 0.2) is 6.29 Å². The molecule has 21 heavy (non-hydrogen) atoms. The van der Waals surface area contributed by atoms with Gasteiger partial charge in [-0.25, -0.2) is 0 Å². The first kappa shape index (κ1) is 15.5. The van der Waals surface area contributed by atoms with Gasteiger partial charge in [-0.15, -0.1) is 0 Å². The lowest BCUT2D eigenvalue weighted by Gasteiger charge is -2.11. The van der Waals surface area contributed by atoms with Gasteiger partial charge in [-0.3, -0.25) is 9.78 Å². The first-order valence-corrected chi connectivity index (χ1v) is 7.47. The molecule has 0 aliphatic heterocycles. The lowest BCUT2D eigenvalue weighted by molar-refractivity contribution is 0.111. The minimum absolute atomic E-state index is 0.297. The number of aromatic nitrogens is 1. The van der Waals surface area contributed by atoms with Gasteiger partial charge in [0.25, 0.3) is 0 Å². The fraction of sp³-hybridized carbons (Fsp3) is 0.250. The summed E-state index contributed by atoms with van der Waals surface area (Å²) in [6.45, 7) is 2.97.